The Morgan fingerprint density at radius 1 is 1.15 bits per heavy atom. The van der Waals surface area contributed by atoms with Crippen molar-refractivity contribution in [3.63, 3.8) is 0 Å². The fraction of sp³-hybridized carbons (Fsp3) is 0.400. The zero-order valence-electron chi connectivity index (χ0n) is 10.8. The van der Waals surface area contributed by atoms with Crippen LogP contribution in [-0.2, 0) is 19.1 Å². The molecule has 0 spiro atoms. The first-order valence-electron chi connectivity index (χ1n) is 6.63. The van der Waals surface area contributed by atoms with Crippen LogP contribution < -0.4 is 0 Å². The minimum atomic E-state index is -0.482. The average Bonchev–Trinajstić information content (AvgIpc) is 2.85. The molecule has 5 heteroatoms. The van der Waals surface area contributed by atoms with E-state index in [1.807, 2.05) is 6.07 Å². The van der Waals surface area contributed by atoms with Crippen molar-refractivity contribution in [3.05, 3.63) is 35.9 Å². The minimum Gasteiger partial charge on any atom is -0.462 e. The molecule has 1 aliphatic carbocycles. The van der Waals surface area contributed by atoms with Crippen molar-refractivity contribution in [3.8, 4) is 0 Å². The molecule has 0 radical (unpaired) electrons. The van der Waals surface area contributed by atoms with E-state index in [-0.39, 0.29) is 24.4 Å². The van der Waals surface area contributed by atoms with Crippen LogP contribution in [0.2, 0.25) is 0 Å². The van der Waals surface area contributed by atoms with E-state index in [2.05, 4.69) is 4.74 Å². The molecule has 2 aliphatic rings. The normalized spacial score (nSPS) is 28.1. The summed E-state index contributed by atoms with van der Waals surface area (Å²) in [7, 11) is 0. The van der Waals surface area contributed by atoms with Crippen LogP contribution in [0.15, 0.2) is 30.3 Å². The van der Waals surface area contributed by atoms with Gasteiger partial charge in [0.05, 0.1) is 24.0 Å². The van der Waals surface area contributed by atoms with E-state index in [9.17, 15) is 14.4 Å². The number of ether oxygens (including phenoxy) is 2. The highest BCUT2D eigenvalue weighted by Crippen LogP contribution is 2.41. The molecule has 20 heavy (non-hydrogen) atoms. The Labute approximate surface area is 115 Å². The second-order valence-electron chi connectivity index (χ2n) is 5.24. The fourth-order valence-corrected chi connectivity index (χ4v) is 2.89. The quantitative estimate of drug-likeness (QED) is 0.618. The number of hydrogen-bond acceptors (Lipinski definition) is 5. The van der Waals surface area contributed by atoms with E-state index in [4.69, 9.17) is 4.74 Å². The van der Waals surface area contributed by atoms with Crippen molar-refractivity contribution < 1.29 is 23.9 Å². The molecule has 2 bridgehead atoms. The Balaban J connectivity index is 1.61. The highest BCUT2D eigenvalue weighted by atomic mass is 16.6. The van der Waals surface area contributed by atoms with Gasteiger partial charge in [0.2, 0.25) is 0 Å². The Kier molecular flexibility index (Phi) is 3.26. The number of carbonyl (C=O) groups is 3. The minimum absolute atomic E-state index is 0.119. The molecular weight excluding hydrogens is 260 g/mol. The van der Waals surface area contributed by atoms with Gasteiger partial charge in [-0.25, -0.2) is 4.79 Å². The molecule has 3 rings (SSSR count). The van der Waals surface area contributed by atoms with E-state index in [1.165, 1.54) is 0 Å². The zero-order valence-corrected chi connectivity index (χ0v) is 10.8. The third-order valence-electron chi connectivity index (χ3n) is 3.97. The monoisotopic (exact) mass is 274 g/mol. The molecule has 0 N–H and O–H groups in total. The van der Waals surface area contributed by atoms with Gasteiger partial charge in [-0.3, -0.25) is 9.59 Å². The maximum absolute atomic E-state index is 11.8. The molecule has 1 aliphatic heterocycles. The van der Waals surface area contributed by atoms with Gasteiger partial charge in [0.15, 0.2) is 0 Å². The number of hydrogen-bond donors (Lipinski definition) is 0. The Hall–Kier alpha value is -2.17. The second-order valence-corrected chi connectivity index (χ2v) is 5.24. The predicted molar refractivity (Wildman–Crippen MR) is 67.5 cm³/mol. The summed E-state index contributed by atoms with van der Waals surface area (Å²) in [4.78, 5) is 34.9. The molecule has 5 nitrogen and oxygen atoms in total. The lowest BCUT2D eigenvalue weighted by Crippen LogP contribution is -2.30. The van der Waals surface area contributed by atoms with Crippen molar-refractivity contribution >= 4 is 17.9 Å². The molecule has 3 atom stereocenters. The van der Waals surface area contributed by atoms with Crippen molar-refractivity contribution in [1.82, 2.24) is 0 Å². The summed E-state index contributed by atoms with van der Waals surface area (Å²) in [5, 5.41) is 0. The van der Waals surface area contributed by atoms with E-state index < -0.39 is 17.9 Å². The zero-order chi connectivity index (χ0) is 14.1. The first kappa shape index (κ1) is 12.8. The molecule has 2 fully saturated rings. The van der Waals surface area contributed by atoms with Crippen LogP contribution in [0.4, 0.5) is 0 Å². The summed E-state index contributed by atoms with van der Waals surface area (Å²) in [6.07, 6.45) is 1.07. The first-order valence-corrected chi connectivity index (χ1v) is 6.63. The summed E-state index contributed by atoms with van der Waals surface area (Å²) in [6.45, 7) is 0.150. The number of benzene rings is 1. The number of esters is 3. The van der Waals surface area contributed by atoms with Gasteiger partial charge in [-0.05, 0) is 25.0 Å². The van der Waals surface area contributed by atoms with Gasteiger partial charge in [0, 0.05) is 5.92 Å². The number of fused-ring (bicyclic) bond motifs is 2. The number of rotatable bonds is 3. The largest absolute Gasteiger partial charge is 0.462 e. The summed E-state index contributed by atoms with van der Waals surface area (Å²) < 4.78 is 9.92. The lowest BCUT2D eigenvalue weighted by atomic mass is 9.97. The topological polar surface area (TPSA) is 69.7 Å². The first-order chi connectivity index (χ1) is 9.65. The van der Waals surface area contributed by atoms with E-state index in [0.29, 0.717) is 18.4 Å². The molecule has 1 aromatic rings. The van der Waals surface area contributed by atoms with Crippen molar-refractivity contribution in [2.45, 2.75) is 12.8 Å². The fourth-order valence-electron chi connectivity index (χ4n) is 2.89. The van der Waals surface area contributed by atoms with Gasteiger partial charge in [0.25, 0.3) is 0 Å². The third kappa shape index (κ3) is 2.31. The van der Waals surface area contributed by atoms with E-state index in [1.54, 1.807) is 24.3 Å². The van der Waals surface area contributed by atoms with Gasteiger partial charge >= 0.3 is 17.9 Å². The van der Waals surface area contributed by atoms with Gasteiger partial charge < -0.3 is 9.47 Å². The molecule has 1 saturated carbocycles. The molecule has 0 unspecified atom stereocenters. The van der Waals surface area contributed by atoms with Crippen LogP contribution >= 0.6 is 0 Å². The van der Waals surface area contributed by atoms with Crippen molar-refractivity contribution in [2.75, 3.05) is 6.61 Å². The lowest BCUT2D eigenvalue weighted by molar-refractivity contribution is -0.169. The maximum Gasteiger partial charge on any atom is 0.338 e. The van der Waals surface area contributed by atoms with E-state index in [0.717, 1.165) is 0 Å². The summed E-state index contributed by atoms with van der Waals surface area (Å²) in [6, 6.07) is 8.68. The van der Waals surface area contributed by atoms with Crippen LogP contribution in [0.3, 0.4) is 0 Å². The maximum atomic E-state index is 11.8. The standard InChI is InChI=1S/C15H14O5/c16-13(9-4-2-1-3-5-9)19-8-11-6-10-7-12(11)15(18)20-14(10)17/h1-5,10-12H,6-8H2/t10-,11+,12-/m0/s1. The van der Waals surface area contributed by atoms with Gasteiger partial charge in [-0.2, -0.15) is 0 Å². The lowest BCUT2D eigenvalue weighted by Gasteiger charge is -2.18. The third-order valence-corrected chi connectivity index (χ3v) is 3.97. The number of cyclic esters (lactones) is 2. The summed E-state index contributed by atoms with van der Waals surface area (Å²) in [5.41, 5.74) is 0.479. The molecule has 104 valence electrons. The van der Waals surface area contributed by atoms with Crippen LogP contribution in [-0.4, -0.2) is 24.5 Å². The highest BCUT2D eigenvalue weighted by molar-refractivity contribution is 5.92. The Morgan fingerprint density at radius 3 is 2.65 bits per heavy atom. The SMILES string of the molecule is O=C(OC[C@H]1C[C@H]2C[C@@H]1C(=O)OC2=O)c1ccccc1. The molecule has 0 amide bonds. The van der Waals surface area contributed by atoms with E-state index >= 15 is 0 Å². The van der Waals surface area contributed by atoms with Crippen LogP contribution in [0, 0.1) is 17.8 Å². The smallest absolute Gasteiger partial charge is 0.338 e. The van der Waals surface area contributed by atoms with Crippen LogP contribution in [0.25, 0.3) is 0 Å². The Bertz CT molecular complexity index is 551. The second kappa shape index (κ2) is 5.07. The Morgan fingerprint density at radius 2 is 1.90 bits per heavy atom. The molecule has 0 aromatic heterocycles. The number of carbonyl (C=O) groups excluding carboxylic acids is 3. The summed E-state index contributed by atoms with van der Waals surface area (Å²) >= 11 is 0. The van der Waals surface area contributed by atoms with Gasteiger partial charge in [-0.1, -0.05) is 18.2 Å². The van der Waals surface area contributed by atoms with Crippen LogP contribution in [0.5, 0.6) is 0 Å². The predicted octanol–water partition coefficient (Wildman–Crippen LogP) is 1.57. The van der Waals surface area contributed by atoms with Gasteiger partial charge in [-0.15, -0.1) is 0 Å². The average molecular weight is 274 g/mol. The molecular formula is C15H14O5. The molecule has 1 heterocycles. The van der Waals surface area contributed by atoms with Gasteiger partial charge in [0.1, 0.15) is 0 Å². The summed E-state index contributed by atoms with van der Waals surface area (Å²) in [5.74, 6) is -2.00. The molecule has 1 aromatic carbocycles. The highest BCUT2D eigenvalue weighted by Gasteiger charge is 2.48. The molecule has 1 saturated heterocycles. The van der Waals surface area contributed by atoms with Crippen LogP contribution in [0.1, 0.15) is 23.2 Å². The van der Waals surface area contributed by atoms with Crippen molar-refractivity contribution in [1.29, 1.82) is 0 Å². The van der Waals surface area contributed by atoms with Crippen molar-refractivity contribution in [2.24, 2.45) is 17.8 Å².